The van der Waals surface area contributed by atoms with E-state index in [0.717, 1.165) is 65.9 Å². The third kappa shape index (κ3) is 19.9. The number of halogens is 3. The number of carbonyl (C=O) groups excluding carboxylic acids is 4. The SMILES string of the molecule is C.CC(C)(O)COc1ccc2c(C(=O)NC3CC4(C3)CC(Oc3cc(Br)ccc3C(N)=O)C4)cnn2c1.CC(C)(O)COc1ccc2c(C(=O)O)cnn2c1.C[Si](C)(C)I.NC(=O)c1ccc(Br)cc1OC1CC2(CC(NC(=O)OCc3ccccc3)C2)C1. The molecule has 11 rings (SSSR count). The highest BCUT2D eigenvalue weighted by Crippen LogP contribution is 2.58. The summed E-state index contributed by atoms with van der Waals surface area (Å²) in [4.78, 5) is 59.1. The van der Waals surface area contributed by atoms with Crippen LogP contribution in [0.4, 0.5) is 4.79 Å². The lowest BCUT2D eigenvalue weighted by atomic mass is 9.53. The molecule has 7 aromatic rings. The molecule has 25 heteroatoms. The third-order valence-corrected chi connectivity index (χ3v) is 15.9. The van der Waals surface area contributed by atoms with Crippen LogP contribution >= 0.6 is 53.7 Å². The van der Waals surface area contributed by atoms with Crippen molar-refractivity contribution in [3.63, 3.8) is 0 Å². The van der Waals surface area contributed by atoms with Crippen molar-refractivity contribution in [3.05, 3.63) is 153 Å². The topological polar surface area (TPSA) is 303 Å². The first kappa shape index (κ1) is 69.7. The Morgan fingerprint density at radius 3 is 1.47 bits per heavy atom. The van der Waals surface area contributed by atoms with Crippen molar-refractivity contribution >= 4 is 100 Å². The summed E-state index contributed by atoms with van der Waals surface area (Å²) >= 11 is 9.32. The van der Waals surface area contributed by atoms with Gasteiger partial charge in [0, 0.05) is 21.0 Å². The first-order valence-corrected chi connectivity index (χ1v) is 36.9. The zero-order valence-electron chi connectivity index (χ0n) is 50.1. The molecule has 3 aromatic carbocycles. The van der Waals surface area contributed by atoms with E-state index in [2.05, 4.69) is 94.1 Å². The number of benzene rings is 3. The highest BCUT2D eigenvalue weighted by atomic mass is 127. The van der Waals surface area contributed by atoms with Gasteiger partial charge in [0.25, 0.3) is 17.7 Å². The van der Waals surface area contributed by atoms with Crippen molar-refractivity contribution in [1.82, 2.24) is 29.9 Å². The smallest absolute Gasteiger partial charge is 0.407 e. The van der Waals surface area contributed by atoms with Crippen molar-refractivity contribution < 1.29 is 63.0 Å². The Labute approximate surface area is 548 Å². The highest BCUT2D eigenvalue weighted by molar-refractivity contribution is 14.1. The summed E-state index contributed by atoms with van der Waals surface area (Å²) < 4.78 is 33.1. The van der Waals surface area contributed by atoms with Gasteiger partial charge in [-0.25, -0.2) is 18.6 Å². The van der Waals surface area contributed by atoms with E-state index >= 15 is 0 Å². The molecule has 0 bridgehead atoms. The number of ether oxygens (including phenoxy) is 5. The van der Waals surface area contributed by atoms with Crippen molar-refractivity contribution in [2.75, 3.05) is 13.2 Å². The zero-order valence-corrected chi connectivity index (χ0v) is 56.4. The molecule has 0 unspecified atom stereocenters. The maximum absolute atomic E-state index is 12.9. The Morgan fingerprint density at radius 2 is 1.06 bits per heavy atom. The molecule has 4 amide bonds. The molecular formula is C64H79Br2IN8O13Si. The number of carbonyl (C=O) groups is 5. The van der Waals surface area contributed by atoms with Crippen LogP contribution in [0.3, 0.4) is 0 Å². The summed E-state index contributed by atoms with van der Waals surface area (Å²) in [5.41, 5.74) is 12.4. The van der Waals surface area contributed by atoms with Crippen molar-refractivity contribution in [2.24, 2.45) is 22.3 Å². The third-order valence-electron chi connectivity index (χ3n) is 14.9. The van der Waals surface area contributed by atoms with Gasteiger partial charge in [0.1, 0.15) is 54.0 Å². The lowest BCUT2D eigenvalue weighted by molar-refractivity contribution is -0.0845. The lowest BCUT2D eigenvalue weighted by Gasteiger charge is -2.57. The van der Waals surface area contributed by atoms with E-state index in [1.54, 1.807) is 111 Å². The molecule has 0 atom stereocenters. The monoisotopic (exact) mass is 1480 g/mol. The predicted octanol–water partition coefficient (Wildman–Crippen LogP) is 11.7. The Morgan fingerprint density at radius 1 is 0.640 bits per heavy atom. The van der Waals surface area contributed by atoms with Crippen LogP contribution in [0.1, 0.15) is 133 Å². The molecule has 4 heterocycles. The van der Waals surface area contributed by atoms with E-state index in [1.807, 2.05) is 30.3 Å². The van der Waals surface area contributed by atoms with Crippen LogP contribution in [-0.2, 0) is 11.3 Å². The summed E-state index contributed by atoms with van der Waals surface area (Å²) in [6, 6.07) is 27.1. The molecule has 478 valence electrons. The van der Waals surface area contributed by atoms with Crippen LogP contribution < -0.4 is 41.0 Å². The number of primary amides is 2. The quantitative estimate of drug-likeness (QED) is 0.0239. The molecule has 21 nitrogen and oxygen atoms in total. The fourth-order valence-electron chi connectivity index (χ4n) is 10.9. The van der Waals surface area contributed by atoms with E-state index in [1.165, 1.54) is 10.7 Å². The van der Waals surface area contributed by atoms with Gasteiger partial charge in [-0.15, -0.1) is 21.8 Å². The minimum atomic E-state index is -1.02. The lowest BCUT2D eigenvalue weighted by Crippen LogP contribution is -2.58. The van der Waals surface area contributed by atoms with Crippen molar-refractivity contribution in [2.45, 2.75) is 148 Å². The fraction of sp³-hybridized carbons (Fsp3) is 0.422. The summed E-state index contributed by atoms with van der Waals surface area (Å²) in [7, 11) is 0. The Bertz CT molecular complexity index is 3630. The van der Waals surface area contributed by atoms with E-state index < -0.39 is 34.6 Å². The summed E-state index contributed by atoms with van der Waals surface area (Å²) in [5, 5.41) is 42.6. The first-order chi connectivity index (χ1) is 41.3. The van der Waals surface area contributed by atoms with Gasteiger partial charge >= 0.3 is 12.1 Å². The van der Waals surface area contributed by atoms with Crippen LogP contribution in [-0.4, -0.2) is 119 Å². The number of rotatable bonds is 18. The number of nitrogens with one attached hydrogen (secondary N) is 2. The highest BCUT2D eigenvalue weighted by Gasteiger charge is 2.55. The number of fused-ring (bicyclic) bond motifs is 2. The molecule has 4 fully saturated rings. The second kappa shape index (κ2) is 29.0. The van der Waals surface area contributed by atoms with Gasteiger partial charge in [-0.1, -0.05) is 89.3 Å². The molecule has 2 spiro atoms. The van der Waals surface area contributed by atoms with Crippen LogP contribution in [0.25, 0.3) is 11.0 Å². The van der Waals surface area contributed by atoms with E-state index in [9.17, 15) is 34.2 Å². The fourth-order valence-corrected chi connectivity index (χ4v) is 11.6. The second-order valence-electron chi connectivity index (χ2n) is 25.3. The second-order valence-corrected chi connectivity index (χ2v) is 40.9. The number of aromatic nitrogens is 4. The van der Waals surface area contributed by atoms with Gasteiger partial charge in [0.05, 0.1) is 75.9 Å². The summed E-state index contributed by atoms with van der Waals surface area (Å²) in [5.74, 6) is -0.0739. The molecule has 4 saturated carbocycles. The number of amides is 4. The van der Waals surface area contributed by atoms with E-state index in [4.69, 9.17) is 40.3 Å². The largest absolute Gasteiger partial charge is 0.490 e. The molecular weight excluding hydrogens is 1400 g/mol. The maximum Gasteiger partial charge on any atom is 0.407 e. The minimum absolute atomic E-state index is 0. The van der Waals surface area contributed by atoms with Gasteiger partial charge in [-0.05, 0) is 156 Å². The number of carboxylic acids is 1. The molecule has 0 radical (unpaired) electrons. The number of aromatic carboxylic acids is 1. The molecule has 9 N–H and O–H groups in total. The normalized spacial score (nSPS) is 20.5. The van der Waals surface area contributed by atoms with Gasteiger partial charge in [0.2, 0.25) is 0 Å². The molecule has 4 aliphatic carbocycles. The molecule has 89 heavy (non-hydrogen) atoms. The number of pyridine rings is 2. The van der Waals surface area contributed by atoms with Crippen LogP contribution in [0.2, 0.25) is 19.6 Å². The molecule has 4 aliphatic rings. The number of nitrogens with zero attached hydrogens (tertiary/aromatic N) is 4. The number of alkyl carbamates (subject to hydrolysis) is 1. The Hall–Kier alpha value is -6.78. The first-order valence-electron chi connectivity index (χ1n) is 28.7. The average Bonchev–Trinajstić information content (AvgIpc) is 1.80. The number of hydrogen-bond acceptors (Lipinski definition) is 14. The van der Waals surface area contributed by atoms with E-state index in [-0.39, 0.29) is 79.9 Å². The van der Waals surface area contributed by atoms with E-state index in [0.29, 0.717) is 50.7 Å². The van der Waals surface area contributed by atoms with Gasteiger partial charge < -0.3 is 61.1 Å². The molecule has 0 saturated heterocycles. The maximum atomic E-state index is 12.9. The van der Waals surface area contributed by atoms with Gasteiger partial charge in [-0.2, -0.15) is 10.2 Å². The van der Waals surface area contributed by atoms with Gasteiger partial charge in [-0.3, -0.25) is 14.4 Å². The number of hydrogen-bond donors (Lipinski definition) is 7. The van der Waals surface area contributed by atoms with Crippen molar-refractivity contribution in [1.29, 1.82) is 0 Å². The number of aliphatic hydroxyl groups is 2. The van der Waals surface area contributed by atoms with Gasteiger partial charge in [0.15, 0.2) is 0 Å². The summed E-state index contributed by atoms with van der Waals surface area (Å²) in [6.07, 6.45) is 13.1. The van der Waals surface area contributed by atoms with Crippen LogP contribution in [0, 0.1) is 10.8 Å². The number of carboxylic acid groups (broad SMARTS) is 1. The molecule has 0 aliphatic heterocycles. The summed E-state index contributed by atoms with van der Waals surface area (Å²) in [6.45, 7) is 14.1. The minimum Gasteiger partial charge on any atom is -0.490 e. The van der Waals surface area contributed by atoms with Crippen molar-refractivity contribution in [3.8, 4) is 23.0 Å². The average molecular weight is 1480 g/mol. The Kier molecular flexibility index (Phi) is 22.7. The van der Waals surface area contributed by atoms with Crippen LogP contribution in [0.5, 0.6) is 23.0 Å². The predicted molar refractivity (Wildman–Crippen MR) is 356 cm³/mol. The number of nitrogens with two attached hydrogens (primary N) is 2. The van der Waals surface area contributed by atoms with Crippen LogP contribution in [0.15, 0.2) is 125 Å². The Balaban J connectivity index is 0.000000190. The zero-order chi connectivity index (χ0) is 63.9. The standard InChI is InChI=1S/C26H29BrN4O5.C22H23BrN2O4.C12H14N2O4.C3H9ISi.CH4/c1-25(2,34)14-35-17-4-6-21-20(12-29-31(21)13-17)24(33)30-16-8-26(9-16)10-18(11-26)36-22-7-15(27)3-5-19(22)23(28)32;23-15-6-7-18(20(24)26)19(8-15)29-17-11-22(12-17)9-16(10-22)25-21(27)28-13-14-4-2-1-3-5-14;1-12(2,17)7-18-8-3-4-10-9(11(15)16)5-13-14(10)6-8;1-5(2,3)4;/h3-7,12-13,16,18,34H,8-11,14H2,1-2H3,(H2,28,32)(H,30,33);1-8,16-17H,9-13H2,(H2,24,26)(H,25,27);3-6,17H,7H2,1-2H3,(H,15,16);1-3H3;1H4. The molecule has 4 aromatic heterocycles.